The average Bonchev–Trinajstić information content (AvgIpc) is 3.13. The number of anilines is 1. The van der Waals surface area contributed by atoms with Crippen LogP contribution in [0.15, 0.2) is 47.4 Å². The first-order valence-electron chi connectivity index (χ1n) is 7.88. The maximum atomic E-state index is 12.2. The van der Waals surface area contributed by atoms with E-state index in [0.29, 0.717) is 17.9 Å². The quantitative estimate of drug-likeness (QED) is 0.349. The van der Waals surface area contributed by atoms with Gasteiger partial charge in [0.15, 0.2) is 0 Å². The second-order valence-electron chi connectivity index (χ2n) is 5.21. The Labute approximate surface area is 150 Å². The number of hydrogen-bond acceptors (Lipinski definition) is 5. The van der Waals surface area contributed by atoms with E-state index in [0.717, 1.165) is 17.7 Å². The van der Waals surface area contributed by atoms with E-state index in [-0.39, 0.29) is 11.5 Å². The Hall–Kier alpha value is -2.91. The molecule has 0 spiro atoms. The van der Waals surface area contributed by atoms with E-state index in [1.807, 2.05) is 30.5 Å². The topological polar surface area (TPSA) is 79.2 Å². The maximum Gasteiger partial charge on any atom is 0.338 e. The second kappa shape index (κ2) is 9.40. The summed E-state index contributed by atoms with van der Waals surface area (Å²) in [5.41, 5.74) is 0.941. The standard InChI is InChI=1S/C19H18N2O3S/c1-2-3-10-24-19(23)14-6-8-16(9-7-14)21-18(22)15(13-20)12-17-5-4-11-25-17/h4-9,11-12H,2-3,10H2,1H3,(H,21,22)/b15-12+. The first-order valence-corrected chi connectivity index (χ1v) is 8.76. The Morgan fingerprint density at radius 3 is 2.64 bits per heavy atom. The molecule has 1 amide bonds. The molecule has 6 heteroatoms. The average molecular weight is 354 g/mol. The van der Waals surface area contributed by atoms with E-state index >= 15 is 0 Å². The summed E-state index contributed by atoms with van der Waals surface area (Å²) in [5, 5.41) is 13.7. The van der Waals surface area contributed by atoms with Crippen LogP contribution in [0.1, 0.15) is 35.0 Å². The summed E-state index contributed by atoms with van der Waals surface area (Å²) in [6.07, 6.45) is 3.32. The highest BCUT2D eigenvalue weighted by atomic mass is 32.1. The van der Waals surface area contributed by atoms with Crippen molar-refractivity contribution in [3.05, 3.63) is 57.8 Å². The number of esters is 1. The number of carbonyl (C=O) groups excluding carboxylic acids is 2. The van der Waals surface area contributed by atoms with Crippen LogP contribution in [0, 0.1) is 11.3 Å². The summed E-state index contributed by atoms with van der Waals surface area (Å²) >= 11 is 1.44. The molecule has 0 saturated carbocycles. The number of nitrogens with one attached hydrogen (secondary N) is 1. The first-order chi connectivity index (χ1) is 12.1. The van der Waals surface area contributed by atoms with Gasteiger partial charge in [0.25, 0.3) is 5.91 Å². The van der Waals surface area contributed by atoms with Gasteiger partial charge in [-0.3, -0.25) is 4.79 Å². The molecule has 5 nitrogen and oxygen atoms in total. The zero-order valence-electron chi connectivity index (χ0n) is 13.8. The molecule has 2 aromatic rings. The lowest BCUT2D eigenvalue weighted by atomic mass is 10.2. The molecule has 0 atom stereocenters. The van der Waals surface area contributed by atoms with Gasteiger partial charge in [-0.25, -0.2) is 4.79 Å². The zero-order chi connectivity index (χ0) is 18.1. The molecule has 0 aliphatic carbocycles. The fourth-order valence-corrected chi connectivity index (χ4v) is 2.60. The van der Waals surface area contributed by atoms with Crippen LogP contribution in [0.25, 0.3) is 6.08 Å². The Balaban J connectivity index is 1.99. The number of carbonyl (C=O) groups is 2. The molecular formula is C19H18N2O3S. The third-order valence-electron chi connectivity index (χ3n) is 3.30. The van der Waals surface area contributed by atoms with Crippen molar-refractivity contribution in [3.8, 4) is 6.07 Å². The van der Waals surface area contributed by atoms with E-state index in [1.165, 1.54) is 11.3 Å². The molecule has 2 rings (SSSR count). The molecule has 128 valence electrons. The normalized spacial score (nSPS) is 10.8. The highest BCUT2D eigenvalue weighted by molar-refractivity contribution is 7.10. The van der Waals surface area contributed by atoms with E-state index in [1.54, 1.807) is 30.3 Å². The second-order valence-corrected chi connectivity index (χ2v) is 6.19. The van der Waals surface area contributed by atoms with E-state index in [4.69, 9.17) is 10.00 Å². The fourth-order valence-electron chi connectivity index (χ4n) is 1.94. The van der Waals surface area contributed by atoms with Gasteiger partial charge in [0, 0.05) is 10.6 Å². The Morgan fingerprint density at radius 2 is 2.04 bits per heavy atom. The molecule has 0 aliphatic heterocycles. The number of unbranched alkanes of at least 4 members (excludes halogenated alkanes) is 1. The summed E-state index contributed by atoms with van der Waals surface area (Å²) in [6, 6.07) is 12.0. The predicted octanol–water partition coefficient (Wildman–Crippen LogP) is 4.25. The molecule has 0 saturated heterocycles. The lowest BCUT2D eigenvalue weighted by molar-refractivity contribution is -0.112. The SMILES string of the molecule is CCCCOC(=O)c1ccc(NC(=O)/C(C#N)=C/c2cccs2)cc1. The number of thiophene rings is 1. The van der Waals surface area contributed by atoms with Crippen LogP contribution >= 0.6 is 11.3 Å². The van der Waals surface area contributed by atoms with Gasteiger partial charge < -0.3 is 10.1 Å². The largest absolute Gasteiger partial charge is 0.462 e. The molecular weight excluding hydrogens is 336 g/mol. The van der Waals surface area contributed by atoms with Gasteiger partial charge in [0.1, 0.15) is 11.6 Å². The van der Waals surface area contributed by atoms with Crippen LogP contribution in [0.5, 0.6) is 0 Å². The van der Waals surface area contributed by atoms with E-state index in [9.17, 15) is 9.59 Å². The Bertz CT molecular complexity index is 787. The molecule has 0 fully saturated rings. The summed E-state index contributed by atoms with van der Waals surface area (Å²) in [7, 11) is 0. The van der Waals surface area contributed by atoms with Crippen molar-refractivity contribution in [1.82, 2.24) is 0 Å². The van der Waals surface area contributed by atoms with Crippen molar-refractivity contribution in [2.24, 2.45) is 0 Å². The van der Waals surface area contributed by atoms with Crippen molar-refractivity contribution in [2.75, 3.05) is 11.9 Å². The van der Waals surface area contributed by atoms with Gasteiger partial charge in [-0.2, -0.15) is 5.26 Å². The highest BCUT2D eigenvalue weighted by Gasteiger charge is 2.11. The minimum Gasteiger partial charge on any atom is -0.462 e. The van der Waals surface area contributed by atoms with Gasteiger partial charge in [-0.1, -0.05) is 19.4 Å². The van der Waals surface area contributed by atoms with Crippen molar-refractivity contribution >= 4 is 35.0 Å². The molecule has 0 radical (unpaired) electrons. The number of amides is 1. The lowest BCUT2D eigenvalue weighted by Crippen LogP contribution is -2.13. The highest BCUT2D eigenvalue weighted by Crippen LogP contribution is 2.16. The van der Waals surface area contributed by atoms with Crippen molar-refractivity contribution < 1.29 is 14.3 Å². The van der Waals surface area contributed by atoms with Crippen molar-refractivity contribution in [1.29, 1.82) is 5.26 Å². The predicted molar refractivity (Wildman–Crippen MR) is 98.2 cm³/mol. The van der Waals surface area contributed by atoms with Crippen LogP contribution in [-0.4, -0.2) is 18.5 Å². The van der Waals surface area contributed by atoms with Crippen molar-refractivity contribution in [2.45, 2.75) is 19.8 Å². The van der Waals surface area contributed by atoms with E-state index < -0.39 is 5.91 Å². The minimum absolute atomic E-state index is 0.0190. The number of ether oxygens (including phenoxy) is 1. The number of nitriles is 1. The van der Waals surface area contributed by atoms with Gasteiger partial charge in [-0.15, -0.1) is 11.3 Å². The monoisotopic (exact) mass is 354 g/mol. The van der Waals surface area contributed by atoms with E-state index in [2.05, 4.69) is 5.32 Å². The molecule has 1 aromatic carbocycles. The van der Waals surface area contributed by atoms with Crippen LogP contribution in [0.2, 0.25) is 0 Å². The molecule has 0 aliphatic rings. The maximum absolute atomic E-state index is 12.2. The van der Waals surface area contributed by atoms with Crippen LogP contribution in [-0.2, 0) is 9.53 Å². The number of hydrogen-bond donors (Lipinski definition) is 1. The molecule has 1 N–H and O–H groups in total. The molecule has 25 heavy (non-hydrogen) atoms. The number of benzene rings is 1. The van der Waals surface area contributed by atoms with Crippen molar-refractivity contribution in [3.63, 3.8) is 0 Å². The Morgan fingerprint density at radius 1 is 1.28 bits per heavy atom. The smallest absolute Gasteiger partial charge is 0.338 e. The molecule has 1 aromatic heterocycles. The zero-order valence-corrected chi connectivity index (χ0v) is 14.6. The summed E-state index contributed by atoms with van der Waals surface area (Å²) < 4.78 is 5.13. The summed E-state index contributed by atoms with van der Waals surface area (Å²) in [5.74, 6) is -0.879. The van der Waals surface area contributed by atoms with Crippen LogP contribution in [0.3, 0.4) is 0 Å². The van der Waals surface area contributed by atoms with Gasteiger partial charge in [0.05, 0.1) is 12.2 Å². The third-order valence-corrected chi connectivity index (χ3v) is 4.12. The van der Waals surface area contributed by atoms with Gasteiger partial charge in [0.2, 0.25) is 0 Å². The Kier molecular flexibility index (Phi) is 6.93. The first kappa shape index (κ1) is 18.4. The van der Waals surface area contributed by atoms with Gasteiger partial charge >= 0.3 is 5.97 Å². The fraction of sp³-hybridized carbons (Fsp3) is 0.211. The summed E-state index contributed by atoms with van der Waals surface area (Å²) in [4.78, 5) is 24.8. The summed E-state index contributed by atoms with van der Waals surface area (Å²) in [6.45, 7) is 2.42. The van der Waals surface area contributed by atoms with Crippen LogP contribution < -0.4 is 5.32 Å². The lowest BCUT2D eigenvalue weighted by Gasteiger charge is -2.06. The minimum atomic E-state index is -0.492. The number of rotatable bonds is 7. The third kappa shape index (κ3) is 5.59. The molecule has 0 unspecified atom stereocenters. The molecule has 0 bridgehead atoms. The van der Waals surface area contributed by atoms with Gasteiger partial charge in [-0.05, 0) is 48.2 Å². The number of nitrogens with zero attached hydrogens (tertiary/aromatic N) is 1. The molecule has 1 heterocycles. The van der Waals surface area contributed by atoms with Crippen LogP contribution in [0.4, 0.5) is 5.69 Å².